The van der Waals surface area contributed by atoms with Crippen LogP contribution in [0.25, 0.3) is 0 Å². The van der Waals surface area contributed by atoms with Crippen molar-refractivity contribution in [3.05, 3.63) is 0 Å². The number of halogens is 5. The Balaban J connectivity index is 3.98. The third-order valence-corrected chi connectivity index (χ3v) is 4.31. The summed E-state index contributed by atoms with van der Waals surface area (Å²) in [5, 5.41) is 2.76. The maximum atomic E-state index is 12.5. The molecule has 0 aliphatic heterocycles. The van der Waals surface area contributed by atoms with Gasteiger partial charge in [-0.3, -0.25) is 0 Å². The minimum absolute atomic E-state index is 0.0937. The van der Waals surface area contributed by atoms with Crippen LogP contribution in [0.1, 0.15) is 25.7 Å². The van der Waals surface area contributed by atoms with Crippen molar-refractivity contribution in [2.45, 2.75) is 37.8 Å². The molecule has 0 aromatic carbocycles. The van der Waals surface area contributed by atoms with E-state index in [0.717, 1.165) is 0 Å². The fourth-order valence-electron chi connectivity index (χ4n) is 1.38. The van der Waals surface area contributed by atoms with Crippen LogP contribution in [0.5, 0.6) is 0 Å². The highest BCUT2D eigenvalue weighted by molar-refractivity contribution is 7.91. The van der Waals surface area contributed by atoms with Gasteiger partial charge in [-0.15, -0.1) is 0 Å². The van der Waals surface area contributed by atoms with Crippen LogP contribution < -0.4 is 5.32 Å². The van der Waals surface area contributed by atoms with Crippen LogP contribution in [0, 0.1) is 0 Å². The molecule has 0 heterocycles. The van der Waals surface area contributed by atoms with Gasteiger partial charge in [-0.2, -0.15) is 22.0 Å². The van der Waals surface area contributed by atoms with Crippen LogP contribution in [0.3, 0.4) is 0 Å². The summed E-state index contributed by atoms with van der Waals surface area (Å²) in [6.07, 6.45) is -7.22. The van der Waals surface area contributed by atoms with Gasteiger partial charge in [0.15, 0.2) is 0 Å². The molecule has 0 aliphatic carbocycles. The lowest BCUT2D eigenvalue weighted by atomic mass is 10.1. The minimum atomic E-state index is -5.57. The summed E-state index contributed by atoms with van der Waals surface area (Å²) < 4.78 is 83.3. The lowest BCUT2D eigenvalue weighted by Crippen LogP contribution is -2.36. The number of nitrogens with one attached hydrogen (secondary N) is 1. The topological polar surface area (TPSA) is 46.2 Å². The smallest absolute Gasteiger partial charge is 0.320 e. The van der Waals surface area contributed by atoms with Gasteiger partial charge < -0.3 is 5.32 Å². The number of hydrogen-bond donors (Lipinski definition) is 1. The summed E-state index contributed by atoms with van der Waals surface area (Å²) in [5.41, 5.74) is 0. The van der Waals surface area contributed by atoms with Crippen molar-refractivity contribution < 1.29 is 30.4 Å². The Morgan fingerprint density at radius 3 is 1.95 bits per heavy atom. The lowest BCUT2D eigenvalue weighted by molar-refractivity contribution is -0.284. The van der Waals surface area contributed by atoms with Gasteiger partial charge in [-0.25, -0.2) is 8.42 Å². The normalized spacial score (nSPS) is 13.8. The molecule has 0 fully saturated rings. The molecule has 116 valence electrons. The van der Waals surface area contributed by atoms with E-state index in [0.29, 0.717) is 13.0 Å². The third-order valence-electron chi connectivity index (χ3n) is 2.49. The van der Waals surface area contributed by atoms with Gasteiger partial charge in [0.05, 0.1) is 11.5 Å². The van der Waals surface area contributed by atoms with E-state index in [1.54, 1.807) is 7.05 Å². The fraction of sp³-hybridized carbons (Fsp3) is 1.00. The molecular formula is C10H18F5NO2S. The second kappa shape index (κ2) is 7.37. The molecule has 0 aromatic rings. The average molecular weight is 311 g/mol. The molecule has 0 bridgehead atoms. The summed E-state index contributed by atoms with van der Waals surface area (Å²) in [6.45, 7) is 0.505. The zero-order valence-corrected chi connectivity index (χ0v) is 11.4. The average Bonchev–Trinajstić information content (AvgIpc) is 2.23. The monoisotopic (exact) mass is 311 g/mol. The third kappa shape index (κ3) is 7.66. The highest BCUT2D eigenvalue weighted by Gasteiger charge is 2.56. The molecule has 0 aliphatic rings. The molecule has 19 heavy (non-hydrogen) atoms. The molecule has 0 unspecified atom stereocenters. The van der Waals surface area contributed by atoms with Gasteiger partial charge in [0.25, 0.3) is 0 Å². The molecule has 0 spiro atoms. The summed E-state index contributed by atoms with van der Waals surface area (Å²) in [7, 11) is -1.71. The Kier molecular flexibility index (Phi) is 7.20. The Morgan fingerprint density at radius 2 is 1.47 bits per heavy atom. The van der Waals surface area contributed by atoms with E-state index < -0.39 is 34.8 Å². The van der Waals surface area contributed by atoms with Crippen molar-refractivity contribution in [2.75, 3.05) is 25.1 Å². The van der Waals surface area contributed by atoms with Gasteiger partial charge in [-0.05, 0) is 32.9 Å². The summed E-state index contributed by atoms with van der Waals surface area (Å²) in [4.78, 5) is 0. The van der Waals surface area contributed by atoms with E-state index in [1.807, 2.05) is 0 Å². The summed E-state index contributed by atoms with van der Waals surface area (Å²) >= 11 is 0. The Labute approximate surface area is 109 Å². The fourth-order valence-corrected chi connectivity index (χ4v) is 2.81. The van der Waals surface area contributed by atoms with Crippen molar-refractivity contribution in [3.8, 4) is 0 Å². The molecule has 0 atom stereocenters. The van der Waals surface area contributed by atoms with Crippen molar-refractivity contribution >= 4 is 9.84 Å². The lowest BCUT2D eigenvalue weighted by Gasteiger charge is -2.19. The zero-order chi connectivity index (χ0) is 15.2. The standard InChI is InChI=1S/C10H18F5NO2S/c1-16-6-4-8-19(17,18)7-3-2-5-9(11,12)10(13,14)15/h16H,2-8H2,1H3. The highest BCUT2D eigenvalue weighted by Crippen LogP contribution is 2.39. The SMILES string of the molecule is CNCCCS(=O)(=O)CCCCC(F)(F)C(F)(F)F. The van der Waals surface area contributed by atoms with Crippen molar-refractivity contribution in [1.29, 1.82) is 0 Å². The van der Waals surface area contributed by atoms with Crippen molar-refractivity contribution in [2.24, 2.45) is 0 Å². The van der Waals surface area contributed by atoms with Crippen LogP contribution in [-0.4, -0.2) is 45.6 Å². The van der Waals surface area contributed by atoms with Crippen LogP contribution in [0.2, 0.25) is 0 Å². The van der Waals surface area contributed by atoms with Gasteiger partial charge in [-0.1, -0.05) is 0 Å². The van der Waals surface area contributed by atoms with E-state index in [2.05, 4.69) is 5.32 Å². The van der Waals surface area contributed by atoms with Gasteiger partial charge in [0.2, 0.25) is 0 Å². The quantitative estimate of drug-likeness (QED) is 0.525. The van der Waals surface area contributed by atoms with E-state index >= 15 is 0 Å². The summed E-state index contributed by atoms with van der Waals surface area (Å²) in [6, 6.07) is 0. The molecule has 1 N–H and O–H groups in total. The molecule has 9 heteroatoms. The molecule has 0 amide bonds. The van der Waals surface area contributed by atoms with Gasteiger partial charge in [0, 0.05) is 6.42 Å². The Morgan fingerprint density at radius 1 is 0.947 bits per heavy atom. The molecule has 3 nitrogen and oxygen atoms in total. The Bertz CT molecular complexity index is 353. The molecule has 0 saturated heterocycles. The predicted molar refractivity (Wildman–Crippen MR) is 62.1 cm³/mol. The zero-order valence-electron chi connectivity index (χ0n) is 10.6. The van der Waals surface area contributed by atoms with E-state index in [-0.39, 0.29) is 17.9 Å². The number of sulfone groups is 1. The van der Waals surface area contributed by atoms with Gasteiger partial charge >= 0.3 is 12.1 Å². The molecule has 0 radical (unpaired) electrons. The second-order valence-corrected chi connectivity index (χ2v) is 6.57. The predicted octanol–water partition coefficient (Wildman–Crippen LogP) is 2.38. The first kappa shape index (κ1) is 18.6. The van der Waals surface area contributed by atoms with E-state index in [1.165, 1.54) is 0 Å². The maximum absolute atomic E-state index is 12.5. The number of alkyl halides is 5. The van der Waals surface area contributed by atoms with Crippen molar-refractivity contribution in [1.82, 2.24) is 5.32 Å². The highest BCUT2D eigenvalue weighted by atomic mass is 32.2. The minimum Gasteiger partial charge on any atom is -0.320 e. The molecule has 0 aromatic heterocycles. The van der Waals surface area contributed by atoms with Crippen LogP contribution in [0.15, 0.2) is 0 Å². The molecule has 0 saturated carbocycles. The van der Waals surface area contributed by atoms with Crippen LogP contribution in [-0.2, 0) is 9.84 Å². The first-order valence-corrected chi connectivity index (χ1v) is 7.63. The molecule has 0 rings (SSSR count). The number of rotatable bonds is 9. The van der Waals surface area contributed by atoms with Crippen LogP contribution >= 0.6 is 0 Å². The summed E-state index contributed by atoms with van der Waals surface area (Å²) in [5.74, 6) is -5.20. The number of hydrogen-bond acceptors (Lipinski definition) is 3. The van der Waals surface area contributed by atoms with E-state index in [9.17, 15) is 30.4 Å². The van der Waals surface area contributed by atoms with Crippen molar-refractivity contribution in [3.63, 3.8) is 0 Å². The van der Waals surface area contributed by atoms with Crippen LogP contribution in [0.4, 0.5) is 22.0 Å². The van der Waals surface area contributed by atoms with E-state index in [4.69, 9.17) is 0 Å². The largest absolute Gasteiger partial charge is 0.453 e. The first-order valence-electron chi connectivity index (χ1n) is 5.81. The second-order valence-electron chi connectivity index (χ2n) is 4.27. The van der Waals surface area contributed by atoms with Gasteiger partial charge in [0.1, 0.15) is 9.84 Å². The first-order chi connectivity index (χ1) is 8.52. The Hall–Kier alpha value is -0.440. The molecular weight excluding hydrogens is 293 g/mol. The maximum Gasteiger partial charge on any atom is 0.453 e. The number of unbranched alkanes of at least 4 members (excludes halogenated alkanes) is 1.